The number of nitrogens with one attached hydrogen (secondary N) is 2. The van der Waals surface area contributed by atoms with Crippen LogP contribution in [0.1, 0.15) is 5.56 Å². The van der Waals surface area contributed by atoms with Gasteiger partial charge in [0.15, 0.2) is 0 Å². The summed E-state index contributed by atoms with van der Waals surface area (Å²) in [4.78, 5) is 50.5. The molecule has 3 heterocycles. The van der Waals surface area contributed by atoms with E-state index in [0.29, 0.717) is 5.69 Å². The summed E-state index contributed by atoms with van der Waals surface area (Å²) in [6.45, 7) is 0. The zero-order valence-corrected chi connectivity index (χ0v) is 17.2. The van der Waals surface area contributed by atoms with Crippen molar-refractivity contribution in [2.24, 2.45) is 0 Å². The third kappa shape index (κ3) is 3.83. The van der Waals surface area contributed by atoms with Crippen LogP contribution in [0.25, 0.3) is 0 Å². The van der Waals surface area contributed by atoms with Crippen molar-refractivity contribution >= 4 is 52.5 Å². The third-order valence-electron chi connectivity index (χ3n) is 4.74. The van der Waals surface area contributed by atoms with E-state index >= 15 is 0 Å². The number of hydrogen-bond donors (Lipinski definition) is 3. The highest BCUT2D eigenvalue weighted by Gasteiger charge is 2.54. The highest BCUT2D eigenvalue weighted by atomic mass is 32.2. The molecule has 1 saturated heterocycles. The number of carboxylic acid groups (broad SMARTS) is 1. The van der Waals surface area contributed by atoms with Gasteiger partial charge >= 0.3 is 5.97 Å². The monoisotopic (exact) mass is 443 g/mol. The van der Waals surface area contributed by atoms with E-state index in [-0.39, 0.29) is 29.4 Å². The lowest BCUT2D eigenvalue weighted by Crippen LogP contribution is -2.70. The molecule has 0 aliphatic carbocycles. The second-order valence-corrected chi connectivity index (χ2v) is 8.60. The van der Waals surface area contributed by atoms with Crippen molar-refractivity contribution in [3.8, 4) is 0 Å². The van der Waals surface area contributed by atoms with Crippen LogP contribution in [0.3, 0.4) is 0 Å². The number of carbonyl (C=O) groups is 4. The Labute approximate surface area is 180 Å². The van der Waals surface area contributed by atoms with Gasteiger partial charge in [0.05, 0.1) is 12.0 Å². The van der Waals surface area contributed by atoms with Gasteiger partial charge in [-0.05, 0) is 34.5 Å². The van der Waals surface area contributed by atoms with E-state index in [1.54, 1.807) is 30.3 Å². The molecule has 1 aromatic heterocycles. The molecule has 8 nitrogen and oxygen atoms in total. The van der Waals surface area contributed by atoms with Crippen LogP contribution in [-0.4, -0.2) is 50.9 Å². The molecule has 0 saturated carbocycles. The average Bonchev–Trinajstić information content (AvgIpc) is 3.24. The first kappa shape index (κ1) is 20.2. The van der Waals surface area contributed by atoms with Gasteiger partial charge in [0.2, 0.25) is 5.91 Å². The quantitative estimate of drug-likeness (QED) is 0.585. The summed E-state index contributed by atoms with van der Waals surface area (Å²) < 4.78 is 0. The number of thiophene rings is 1. The number of carboxylic acids is 1. The van der Waals surface area contributed by atoms with Crippen LogP contribution in [0.4, 0.5) is 5.69 Å². The topological polar surface area (TPSA) is 116 Å². The molecule has 3 N–H and O–H groups in total. The number of nitrogens with zero attached hydrogens (tertiary/aromatic N) is 1. The Morgan fingerprint density at radius 2 is 1.93 bits per heavy atom. The SMILES string of the molecule is O=C(Cc1ccsc1)NC1C(=O)N2C(C(=O)O)=C(C(=O)Nc3ccccc3)CS[C@H]12. The molecule has 2 aromatic rings. The number of amides is 3. The molecule has 3 amide bonds. The van der Waals surface area contributed by atoms with Crippen LogP contribution < -0.4 is 10.6 Å². The minimum Gasteiger partial charge on any atom is -0.477 e. The highest BCUT2D eigenvalue weighted by molar-refractivity contribution is 8.00. The number of benzene rings is 1. The van der Waals surface area contributed by atoms with Crippen LogP contribution in [0.5, 0.6) is 0 Å². The van der Waals surface area contributed by atoms with Gasteiger partial charge in [0, 0.05) is 11.4 Å². The van der Waals surface area contributed by atoms with Crippen molar-refractivity contribution in [1.82, 2.24) is 10.2 Å². The molecule has 0 radical (unpaired) electrons. The van der Waals surface area contributed by atoms with Crippen LogP contribution in [-0.2, 0) is 25.6 Å². The van der Waals surface area contributed by atoms with E-state index < -0.39 is 29.2 Å². The number of rotatable bonds is 6. The number of thioether (sulfide) groups is 1. The lowest BCUT2D eigenvalue weighted by atomic mass is 10.0. The fourth-order valence-electron chi connectivity index (χ4n) is 3.32. The summed E-state index contributed by atoms with van der Waals surface area (Å²) in [6.07, 6.45) is 0.150. The molecule has 1 unspecified atom stereocenters. The first-order chi connectivity index (χ1) is 14.5. The lowest BCUT2D eigenvalue weighted by Gasteiger charge is -2.49. The van der Waals surface area contributed by atoms with Crippen LogP contribution in [0, 0.1) is 0 Å². The van der Waals surface area contributed by atoms with Crippen molar-refractivity contribution in [1.29, 1.82) is 0 Å². The van der Waals surface area contributed by atoms with Crippen molar-refractivity contribution in [3.05, 3.63) is 64.0 Å². The fourth-order valence-corrected chi connectivity index (χ4v) is 5.33. The van der Waals surface area contributed by atoms with E-state index in [0.717, 1.165) is 10.5 Å². The Morgan fingerprint density at radius 3 is 2.60 bits per heavy atom. The van der Waals surface area contributed by atoms with Gasteiger partial charge in [-0.1, -0.05) is 18.2 Å². The largest absolute Gasteiger partial charge is 0.477 e. The molecule has 2 aliphatic heterocycles. The van der Waals surface area contributed by atoms with E-state index in [9.17, 15) is 24.3 Å². The minimum absolute atomic E-state index is 0.0176. The van der Waals surface area contributed by atoms with Gasteiger partial charge in [-0.2, -0.15) is 11.3 Å². The minimum atomic E-state index is -1.35. The lowest BCUT2D eigenvalue weighted by molar-refractivity contribution is -0.150. The van der Waals surface area contributed by atoms with Gasteiger partial charge in [0.25, 0.3) is 11.8 Å². The summed E-state index contributed by atoms with van der Waals surface area (Å²) in [5.41, 5.74) is 1.06. The first-order valence-corrected chi connectivity index (χ1v) is 11.0. The number of anilines is 1. The maximum absolute atomic E-state index is 12.6. The van der Waals surface area contributed by atoms with Crippen molar-refractivity contribution in [2.75, 3.05) is 11.1 Å². The molecule has 2 aliphatic rings. The third-order valence-corrected chi connectivity index (χ3v) is 6.75. The molecule has 1 aromatic carbocycles. The maximum atomic E-state index is 12.6. The zero-order valence-electron chi connectivity index (χ0n) is 15.5. The predicted molar refractivity (Wildman–Crippen MR) is 113 cm³/mol. The maximum Gasteiger partial charge on any atom is 0.353 e. The summed E-state index contributed by atoms with van der Waals surface area (Å²) in [5.74, 6) is -2.64. The average molecular weight is 444 g/mol. The van der Waals surface area contributed by atoms with Crippen LogP contribution in [0.2, 0.25) is 0 Å². The van der Waals surface area contributed by atoms with Crippen molar-refractivity contribution in [3.63, 3.8) is 0 Å². The highest BCUT2D eigenvalue weighted by Crippen LogP contribution is 2.40. The number of aliphatic carboxylic acids is 1. The zero-order chi connectivity index (χ0) is 21.3. The molecule has 4 rings (SSSR count). The van der Waals surface area contributed by atoms with Crippen LogP contribution >= 0.6 is 23.1 Å². The van der Waals surface area contributed by atoms with Gasteiger partial charge in [-0.15, -0.1) is 11.8 Å². The predicted octanol–water partition coefficient (Wildman–Crippen LogP) is 1.67. The van der Waals surface area contributed by atoms with Gasteiger partial charge in [-0.25, -0.2) is 4.79 Å². The second-order valence-electron chi connectivity index (χ2n) is 6.72. The molecule has 10 heteroatoms. The van der Waals surface area contributed by atoms with E-state index in [4.69, 9.17) is 0 Å². The normalized spacial score (nSPS) is 20.3. The Bertz CT molecular complexity index is 1040. The smallest absolute Gasteiger partial charge is 0.353 e. The summed E-state index contributed by atoms with van der Waals surface area (Å²) in [7, 11) is 0. The van der Waals surface area contributed by atoms with E-state index in [2.05, 4.69) is 10.6 Å². The molecule has 30 heavy (non-hydrogen) atoms. The number of fused-ring (bicyclic) bond motifs is 1. The number of para-hydroxylation sites is 1. The van der Waals surface area contributed by atoms with Gasteiger partial charge in [0.1, 0.15) is 17.1 Å². The van der Waals surface area contributed by atoms with Crippen molar-refractivity contribution in [2.45, 2.75) is 17.8 Å². The van der Waals surface area contributed by atoms with E-state index in [1.807, 2.05) is 16.8 Å². The fraction of sp³-hybridized carbons (Fsp3) is 0.200. The van der Waals surface area contributed by atoms with Gasteiger partial charge < -0.3 is 15.7 Å². The number of hydrogen-bond acceptors (Lipinski definition) is 6. The molecule has 154 valence electrons. The van der Waals surface area contributed by atoms with Gasteiger partial charge in [-0.3, -0.25) is 19.3 Å². The molecule has 1 fully saturated rings. The molecule has 0 spiro atoms. The first-order valence-electron chi connectivity index (χ1n) is 9.03. The van der Waals surface area contributed by atoms with Crippen molar-refractivity contribution < 1.29 is 24.3 Å². The molecule has 2 atom stereocenters. The molecule has 0 bridgehead atoms. The Morgan fingerprint density at radius 1 is 1.17 bits per heavy atom. The Balaban J connectivity index is 1.49. The van der Waals surface area contributed by atoms with Crippen LogP contribution in [0.15, 0.2) is 58.4 Å². The summed E-state index contributed by atoms with van der Waals surface area (Å²) in [5, 5.41) is 18.2. The second kappa shape index (κ2) is 8.33. The Hall–Kier alpha value is -3.11. The summed E-state index contributed by atoms with van der Waals surface area (Å²) >= 11 is 2.73. The number of carbonyl (C=O) groups excluding carboxylic acids is 3. The number of β-lactam (4-membered cyclic amide) rings is 1. The Kier molecular flexibility index (Phi) is 5.60. The molecular formula is C20H17N3O5S2. The molecular weight excluding hydrogens is 426 g/mol. The summed E-state index contributed by atoms with van der Waals surface area (Å²) in [6, 6.07) is 9.68. The standard InChI is InChI=1S/C20H17N3O5S2/c24-14(8-11-6-7-29-9-11)22-15-18(26)23-16(20(27)28)13(10-30-19(15)23)17(25)21-12-4-2-1-3-5-12/h1-7,9,15,19H,8,10H2,(H,21,25)(H,22,24)(H,27,28)/t15?,19-/m1/s1. The van der Waals surface area contributed by atoms with E-state index in [1.165, 1.54) is 23.1 Å².